The van der Waals surface area contributed by atoms with E-state index in [0.717, 1.165) is 23.3 Å². The molecule has 0 amide bonds. The van der Waals surface area contributed by atoms with Gasteiger partial charge in [-0.25, -0.2) is 0 Å². The van der Waals surface area contributed by atoms with E-state index in [1.165, 1.54) is 27.5 Å². The number of rotatable bonds is 3. The maximum absolute atomic E-state index is 5.77. The van der Waals surface area contributed by atoms with Gasteiger partial charge in [0, 0.05) is 0 Å². The van der Waals surface area contributed by atoms with Crippen LogP contribution in [-0.4, -0.2) is 7.05 Å². The summed E-state index contributed by atoms with van der Waals surface area (Å²) >= 11 is 3.39. The van der Waals surface area contributed by atoms with E-state index in [1.54, 1.807) is 0 Å². The van der Waals surface area contributed by atoms with Crippen LogP contribution in [0.15, 0.2) is 51.6 Å². The lowest BCUT2D eigenvalue weighted by Crippen LogP contribution is -2.17. The lowest BCUT2D eigenvalue weighted by atomic mass is 9.94. The average molecular weight is 342 g/mol. The SMILES string of the molecule is CNC(c1ccc(Br)o1)c1ccc2c3c(cccc13)CC2. The number of hydrogen-bond donors (Lipinski definition) is 1. The molecule has 1 N–H and O–H groups in total. The number of nitrogens with one attached hydrogen (secondary N) is 1. The first kappa shape index (κ1) is 13.1. The lowest BCUT2D eigenvalue weighted by molar-refractivity contribution is 0.448. The van der Waals surface area contributed by atoms with Gasteiger partial charge in [0.2, 0.25) is 0 Å². The predicted octanol–water partition coefficient (Wildman–Crippen LogP) is 4.60. The van der Waals surface area contributed by atoms with Crippen LogP contribution in [0.1, 0.15) is 28.5 Å². The zero-order chi connectivity index (χ0) is 14.4. The van der Waals surface area contributed by atoms with E-state index in [0.29, 0.717) is 0 Å². The second-order valence-electron chi connectivity index (χ2n) is 5.52. The zero-order valence-corrected chi connectivity index (χ0v) is 13.4. The van der Waals surface area contributed by atoms with Gasteiger partial charge in [0.1, 0.15) is 5.76 Å². The van der Waals surface area contributed by atoms with Crippen LogP contribution in [0.4, 0.5) is 0 Å². The molecule has 1 aromatic heterocycles. The fourth-order valence-corrected chi connectivity index (χ4v) is 3.77. The van der Waals surface area contributed by atoms with Crippen LogP contribution in [0.2, 0.25) is 0 Å². The second kappa shape index (κ2) is 5.00. The van der Waals surface area contributed by atoms with Crippen LogP contribution in [0, 0.1) is 0 Å². The van der Waals surface area contributed by atoms with E-state index in [-0.39, 0.29) is 6.04 Å². The summed E-state index contributed by atoms with van der Waals surface area (Å²) < 4.78 is 6.54. The van der Waals surface area contributed by atoms with Gasteiger partial charge in [-0.3, -0.25) is 0 Å². The van der Waals surface area contributed by atoms with Gasteiger partial charge in [0.25, 0.3) is 0 Å². The van der Waals surface area contributed by atoms with Crippen molar-refractivity contribution in [2.45, 2.75) is 18.9 Å². The third-order valence-electron chi connectivity index (χ3n) is 4.39. The molecule has 0 radical (unpaired) electrons. The second-order valence-corrected chi connectivity index (χ2v) is 6.30. The van der Waals surface area contributed by atoms with Crippen molar-refractivity contribution in [2.75, 3.05) is 7.05 Å². The Morgan fingerprint density at radius 2 is 1.86 bits per heavy atom. The Hall–Kier alpha value is -1.58. The van der Waals surface area contributed by atoms with E-state index in [9.17, 15) is 0 Å². The Morgan fingerprint density at radius 3 is 2.57 bits per heavy atom. The van der Waals surface area contributed by atoms with Crippen LogP contribution >= 0.6 is 15.9 Å². The Morgan fingerprint density at radius 1 is 1.05 bits per heavy atom. The van der Waals surface area contributed by atoms with E-state index in [4.69, 9.17) is 4.42 Å². The number of furan rings is 1. The summed E-state index contributed by atoms with van der Waals surface area (Å²) in [5, 5.41) is 6.17. The highest BCUT2D eigenvalue weighted by Gasteiger charge is 2.22. The van der Waals surface area contributed by atoms with Crippen molar-refractivity contribution in [3.05, 3.63) is 69.6 Å². The van der Waals surface area contributed by atoms with Gasteiger partial charge in [0.15, 0.2) is 4.67 Å². The molecule has 0 aliphatic heterocycles. The van der Waals surface area contributed by atoms with Crippen molar-refractivity contribution in [1.82, 2.24) is 5.32 Å². The summed E-state index contributed by atoms with van der Waals surface area (Å²) in [7, 11) is 1.98. The first-order valence-corrected chi connectivity index (χ1v) is 8.03. The Labute approximate surface area is 132 Å². The minimum Gasteiger partial charge on any atom is -0.452 e. The summed E-state index contributed by atoms with van der Waals surface area (Å²) in [6.45, 7) is 0. The van der Waals surface area contributed by atoms with Crippen LogP contribution < -0.4 is 5.32 Å². The van der Waals surface area contributed by atoms with Gasteiger partial charge < -0.3 is 9.73 Å². The quantitative estimate of drug-likeness (QED) is 0.752. The molecule has 106 valence electrons. The standard InChI is InChI=1S/C18H16BrNO/c1-20-18(15-9-10-16(19)21-15)14-8-7-12-6-5-11-3-2-4-13(14)17(11)12/h2-4,7-10,18,20H,5-6H2,1H3. The summed E-state index contributed by atoms with van der Waals surface area (Å²) in [6, 6.07) is 15.2. The summed E-state index contributed by atoms with van der Waals surface area (Å²) in [4.78, 5) is 0. The molecule has 1 unspecified atom stereocenters. The van der Waals surface area contributed by atoms with Gasteiger partial charge in [-0.2, -0.15) is 0 Å². The molecule has 4 rings (SSSR count). The van der Waals surface area contributed by atoms with Crippen molar-refractivity contribution in [2.24, 2.45) is 0 Å². The Bertz CT molecular complexity index is 811. The molecule has 3 heteroatoms. The highest BCUT2D eigenvalue weighted by Crippen LogP contribution is 2.37. The minimum atomic E-state index is 0.0706. The molecule has 2 nitrogen and oxygen atoms in total. The van der Waals surface area contributed by atoms with Gasteiger partial charge in [-0.05, 0) is 75.4 Å². The smallest absolute Gasteiger partial charge is 0.169 e. The van der Waals surface area contributed by atoms with Gasteiger partial charge in [0.05, 0.1) is 6.04 Å². The number of hydrogen-bond acceptors (Lipinski definition) is 2. The van der Waals surface area contributed by atoms with Gasteiger partial charge >= 0.3 is 0 Å². The van der Waals surface area contributed by atoms with Crippen molar-refractivity contribution in [3.63, 3.8) is 0 Å². The molecular formula is C18H16BrNO. The Kier molecular flexibility index (Phi) is 3.12. The van der Waals surface area contributed by atoms with Gasteiger partial charge in [-0.15, -0.1) is 0 Å². The maximum Gasteiger partial charge on any atom is 0.169 e. The number of aryl methyl sites for hydroxylation is 2. The topological polar surface area (TPSA) is 25.2 Å². The molecule has 0 fully saturated rings. The molecule has 2 aromatic carbocycles. The highest BCUT2D eigenvalue weighted by molar-refractivity contribution is 9.10. The summed E-state index contributed by atoms with van der Waals surface area (Å²) in [6.07, 6.45) is 2.32. The molecule has 1 heterocycles. The average Bonchev–Trinajstić information content (AvgIpc) is 3.10. The van der Waals surface area contributed by atoms with Crippen LogP contribution in [0.5, 0.6) is 0 Å². The predicted molar refractivity (Wildman–Crippen MR) is 88.7 cm³/mol. The van der Waals surface area contributed by atoms with E-state index < -0.39 is 0 Å². The first-order chi connectivity index (χ1) is 10.3. The van der Waals surface area contributed by atoms with Crippen molar-refractivity contribution < 1.29 is 4.42 Å². The summed E-state index contributed by atoms with van der Waals surface area (Å²) in [5.74, 6) is 0.933. The van der Waals surface area contributed by atoms with Crippen LogP contribution in [-0.2, 0) is 12.8 Å². The number of halogens is 1. The fraction of sp³-hybridized carbons (Fsp3) is 0.222. The molecule has 0 saturated heterocycles. The third kappa shape index (κ3) is 2.03. The van der Waals surface area contributed by atoms with Crippen molar-refractivity contribution in [1.29, 1.82) is 0 Å². The van der Waals surface area contributed by atoms with Crippen molar-refractivity contribution >= 4 is 26.7 Å². The third-order valence-corrected chi connectivity index (χ3v) is 4.82. The molecule has 0 bridgehead atoms. The Balaban J connectivity index is 1.94. The lowest BCUT2D eigenvalue weighted by Gasteiger charge is -2.17. The largest absolute Gasteiger partial charge is 0.452 e. The van der Waals surface area contributed by atoms with Gasteiger partial charge in [-0.1, -0.05) is 30.3 Å². The van der Waals surface area contributed by atoms with E-state index in [2.05, 4.69) is 51.6 Å². The molecule has 0 spiro atoms. The monoisotopic (exact) mass is 341 g/mol. The zero-order valence-electron chi connectivity index (χ0n) is 11.8. The fourth-order valence-electron chi connectivity index (χ4n) is 3.46. The van der Waals surface area contributed by atoms with Crippen LogP contribution in [0.3, 0.4) is 0 Å². The minimum absolute atomic E-state index is 0.0706. The van der Waals surface area contributed by atoms with Crippen LogP contribution in [0.25, 0.3) is 10.8 Å². The molecule has 0 saturated carbocycles. The molecular weight excluding hydrogens is 326 g/mol. The molecule has 1 aliphatic rings. The molecule has 3 aromatic rings. The van der Waals surface area contributed by atoms with Crippen molar-refractivity contribution in [3.8, 4) is 0 Å². The summed E-state index contributed by atoms with van der Waals surface area (Å²) in [5.41, 5.74) is 4.22. The molecule has 21 heavy (non-hydrogen) atoms. The number of benzene rings is 2. The highest BCUT2D eigenvalue weighted by atomic mass is 79.9. The molecule has 1 atom stereocenters. The maximum atomic E-state index is 5.77. The first-order valence-electron chi connectivity index (χ1n) is 7.24. The van der Waals surface area contributed by atoms with E-state index >= 15 is 0 Å². The van der Waals surface area contributed by atoms with E-state index in [1.807, 2.05) is 19.2 Å². The normalized spacial score (nSPS) is 14.8. The molecule has 1 aliphatic carbocycles.